The average Bonchev–Trinajstić information content (AvgIpc) is 2.16. The van der Waals surface area contributed by atoms with Crippen LogP contribution in [-0.4, -0.2) is 11.7 Å². The Hall–Kier alpha value is -0.0400. The first kappa shape index (κ1) is 9.51. The van der Waals surface area contributed by atoms with Gasteiger partial charge >= 0.3 is 0 Å². The van der Waals surface area contributed by atoms with Crippen molar-refractivity contribution in [1.82, 2.24) is 0 Å². The van der Waals surface area contributed by atoms with E-state index in [-0.39, 0.29) is 0 Å². The summed E-state index contributed by atoms with van der Waals surface area (Å²) in [6.45, 7) is 2.90. The number of aliphatic hydroxyl groups excluding tert-OH is 1. The van der Waals surface area contributed by atoms with Gasteiger partial charge in [0, 0.05) is 6.61 Å². The quantitative estimate of drug-likeness (QED) is 0.661. The third-order valence-electron chi connectivity index (χ3n) is 4.54. The lowest BCUT2D eigenvalue weighted by Gasteiger charge is -2.47. The summed E-state index contributed by atoms with van der Waals surface area (Å²) in [6.07, 6.45) is 9.66. The molecule has 0 amide bonds. The fourth-order valence-electron chi connectivity index (χ4n) is 3.42. The van der Waals surface area contributed by atoms with Crippen molar-refractivity contribution in [1.29, 1.82) is 0 Å². The summed E-state index contributed by atoms with van der Waals surface area (Å²) in [5, 5.41) is 9.17. The van der Waals surface area contributed by atoms with Crippen LogP contribution in [0.4, 0.5) is 0 Å². The number of aliphatic hydroxyl groups is 1. The molecule has 1 heteroatoms. The Balaban J connectivity index is 2.01. The molecular formula is C12H22O. The molecule has 2 aliphatic carbocycles. The minimum absolute atomic E-state index is 0.423. The van der Waals surface area contributed by atoms with Gasteiger partial charge in [0.1, 0.15) is 0 Å². The summed E-state index contributed by atoms with van der Waals surface area (Å²) >= 11 is 0. The molecule has 0 unspecified atom stereocenters. The summed E-state index contributed by atoms with van der Waals surface area (Å²) < 4.78 is 0. The van der Waals surface area contributed by atoms with Crippen LogP contribution >= 0.6 is 0 Å². The first-order chi connectivity index (χ1) is 6.24. The second-order valence-corrected chi connectivity index (χ2v) is 5.42. The molecule has 2 saturated carbocycles. The summed E-state index contributed by atoms with van der Waals surface area (Å²) in [6, 6.07) is 0. The Morgan fingerprint density at radius 3 is 2.85 bits per heavy atom. The van der Waals surface area contributed by atoms with Crippen LogP contribution in [0.5, 0.6) is 0 Å². The van der Waals surface area contributed by atoms with E-state index in [0.717, 1.165) is 5.92 Å². The minimum Gasteiger partial charge on any atom is -0.396 e. The molecule has 1 nitrogen and oxygen atoms in total. The van der Waals surface area contributed by atoms with Crippen molar-refractivity contribution in [3.05, 3.63) is 0 Å². The summed E-state index contributed by atoms with van der Waals surface area (Å²) in [7, 11) is 0. The predicted octanol–water partition coefficient (Wildman–Crippen LogP) is 2.98. The van der Waals surface area contributed by atoms with Gasteiger partial charge in [0.25, 0.3) is 0 Å². The third kappa shape index (κ3) is 1.76. The average molecular weight is 182 g/mol. The van der Waals surface area contributed by atoms with Crippen LogP contribution in [0.3, 0.4) is 0 Å². The Morgan fingerprint density at radius 1 is 1.23 bits per heavy atom. The maximum atomic E-state index is 9.17. The SMILES string of the molecule is C[C@@]12CCCC[C@H]1C[C@@H](CO)CC2. The highest BCUT2D eigenvalue weighted by atomic mass is 16.3. The van der Waals surface area contributed by atoms with Gasteiger partial charge in [0.05, 0.1) is 0 Å². The smallest absolute Gasteiger partial charge is 0.0459 e. The molecule has 0 aromatic carbocycles. The van der Waals surface area contributed by atoms with Crippen LogP contribution in [0.2, 0.25) is 0 Å². The Kier molecular flexibility index (Phi) is 2.64. The zero-order valence-corrected chi connectivity index (χ0v) is 8.76. The van der Waals surface area contributed by atoms with Crippen molar-refractivity contribution in [3.63, 3.8) is 0 Å². The molecule has 2 aliphatic rings. The molecule has 0 heterocycles. The fraction of sp³-hybridized carbons (Fsp3) is 1.00. The van der Waals surface area contributed by atoms with Crippen LogP contribution in [0.1, 0.15) is 51.9 Å². The van der Waals surface area contributed by atoms with E-state index in [0.29, 0.717) is 17.9 Å². The second kappa shape index (κ2) is 3.61. The van der Waals surface area contributed by atoms with Gasteiger partial charge in [-0.05, 0) is 49.4 Å². The van der Waals surface area contributed by atoms with E-state index in [1.807, 2.05) is 0 Å². The Labute approximate surface area is 81.5 Å². The van der Waals surface area contributed by atoms with Crippen molar-refractivity contribution in [2.24, 2.45) is 17.3 Å². The van der Waals surface area contributed by atoms with Gasteiger partial charge in [0.15, 0.2) is 0 Å². The maximum absolute atomic E-state index is 9.17. The highest BCUT2D eigenvalue weighted by Gasteiger charge is 2.40. The lowest BCUT2D eigenvalue weighted by atomic mass is 9.58. The summed E-state index contributed by atoms with van der Waals surface area (Å²) in [5.74, 6) is 1.54. The highest BCUT2D eigenvalue weighted by molar-refractivity contribution is 4.91. The lowest BCUT2D eigenvalue weighted by Crippen LogP contribution is -2.37. The number of fused-ring (bicyclic) bond motifs is 1. The van der Waals surface area contributed by atoms with Gasteiger partial charge in [-0.2, -0.15) is 0 Å². The predicted molar refractivity (Wildman–Crippen MR) is 54.5 cm³/mol. The second-order valence-electron chi connectivity index (χ2n) is 5.42. The van der Waals surface area contributed by atoms with E-state index in [1.54, 1.807) is 0 Å². The van der Waals surface area contributed by atoms with Crippen molar-refractivity contribution < 1.29 is 5.11 Å². The van der Waals surface area contributed by atoms with Crippen molar-refractivity contribution in [2.75, 3.05) is 6.61 Å². The number of rotatable bonds is 1. The molecule has 76 valence electrons. The molecule has 13 heavy (non-hydrogen) atoms. The Bertz CT molecular complexity index is 178. The van der Waals surface area contributed by atoms with Crippen LogP contribution in [0, 0.1) is 17.3 Å². The molecule has 0 aliphatic heterocycles. The summed E-state index contributed by atoms with van der Waals surface area (Å²) in [5.41, 5.74) is 0.643. The van der Waals surface area contributed by atoms with E-state index >= 15 is 0 Å². The van der Waals surface area contributed by atoms with Crippen LogP contribution < -0.4 is 0 Å². The molecule has 0 bridgehead atoms. The summed E-state index contributed by atoms with van der Waals surface area (Å²) in [4.78, 5) is 0. The molecule has 0 saturated heterocycles. The van der Waals surface area contributed by atoms with Crippen molar-refractivity contribution in [3.8, 4) is 0 Å². The van der Waals surface area contributed by atoms with Gasteiger partial charge in [-0.25, -0.2) is 0 Å². The molecule has 0 spiro atoms. The van der Waals surface area contributed by atoms with Gasteiger partial charge in [-0.1, -0.05) is 19.8 Å². The van der Waals surface area contributed by atoms with E-state index in [9.17, 15) is 0 Å². The zero-order chi connectivity index (χ0) is 9.31. The first-order valence-electron chi connectivity index (χ1n) is 5.85. The largest absolute Gasteiger partial charge is 0.396 e. The lowest BCUT2D eigenvalue weighted by molar-refractivity contribution is 0.0205. The number of hydrogen-bond donors (Lipinski definition) is 1. The molecular weight excluding hydrogens is 160 g/mol. The van der Waals surface area contributed by atoms with E-state index in [2.05, 4.69) is 6.92 Å². The molecule has 0 aromatic rings. The van der Waals surface area contributed by atoms with Crippen molar-refractivity contribution >= 4 is 0 Å². The van der Waals surface area contributed by atoms with Crippen molar-refractivity contribution in [2.45, 2.75) is 51.9 Å². The molecule has 2 rings (SSSR count). The van der Waals surface area contributed by atoms with E-state index in [1.165, 1.54) is 44.9 Å². The van der Waals surface area contributed by atoms with Gasteiger partial charge in [0.2, 0.25) is 0 Å². The van der Waals surface area contributed by atoms with E-state index in [4.69, 9.17) is 5.11 Å². The number of hydrogen-bond acceptors (Lipinski definition) is 1. The van der Waals surface area contributed by atoms with E-state index < -0.39 is 0 Å². The molecule has 0 aromatic heterocycles. The zero-order valence-electron chi connectivity index (χ0n) is 8.76. The molecule has 3 atom stereocenters. The van der Waals surface area contributed by atoms with Gasteiger partial charge in [-0.15, -0.1) is 0 Å². The molecule has 1 N–H and O–H groups in total. The fourth-order valence-corrected chi connectivity index (χ4v) is 3.42. The van der Waals surface area contributed by atoms with Crippen LogP contribution in [0.15, 0.2) is 0 Å². The normalized spacial score (nSPS) is 45.7. The molecule has 0 radical (unpaired) electrons. The van der Waals surface area contributed by atoms with Gasteiger partial charge in [-0.3, -0.25) is 0 Å². The minimum atomic E-state index is 0.423. The first-order valence-corrected chi connectivity index (χ1v) is 5.85. The third-order valence-corrected chi connectivity index (χ3v) is 4.54. The molecule has 2 fully saturated rings. The highest BCUT2D eigenvalue weighted by Crippen LogP contribution is 2.51. The monoisotopic (exact) mass is 182 g/mol. The van der Waals surface area contributed by atoms with Crippen LogP contribution in [0.25, 0.3) is 0 Å². The van der Waals surface area contributed by atoms with Gasteiger partial charge < -0.3 is 5.11 Å². The standard InChI is InChI=1S/C12H22O/c1-12-6-3-2-4-11(12)8-10(9-13)5-7-12/h10-11,13H,2-9H2,1H3/t10-,11-,12-/m0/s1. The maximum Gasteiger partial charge on any atom is 0.0459 e. The topological polar surface area (TPSA) is 20.2 Å². The Morgan fingerprint density at radius 2 is 2.08 bits per heavy atom. The van der Waals surface area contributed by atoms with Crippen LogP contribution in [-0.2, 0) is 0 Å².